The van der Waals surface area contributed by atoms with Crippen LogP contribution in [-0.4, -0.2) is 40.4 Å². The highest BCUT2D eigenvalue weighted by atomic mass is 79.9. The summed E-state index contributed by atoms with van der Waals surface area (Å²) in [6.07, 6.45) is 0. The molecular formula is C12H15Br2N5S. The van der Waals surface area contributed by atoms with Crippen LogP contribution in [0.1, 0.15) is 13.8 Å². The van der Waals surface area contributed by atoms with Crippen LogP contribution in [0, 0.1) is 0 Å². The Morgan fingerprint density at radius 2 is 2.00 bits per heavy atom. The summed E-state index contributed by atoms with van der Waals surface area (Å²) in [5, 5.41) is 10.9. The molecule has 2 unspecified atom stereocenters. The number of H-pyrrole nitrogens is 1. The summed E-state index contributed by atoms with van der Waals surface area (Å²) in [6.45, 7) is 6.23. The van der Waals surface area contributed by atoms with E-state index in [0.29, 0.717) is 12.1 Å². The second kappa shape index (κ2) is 5.75. The lowest BCUT2D eigenvalue weighted by molar-refractivity contribution is 0.403. The molecule has 20 heavy (non-hydrogen) atoms. The highest BCUT2D eigenvalue weighted by Gasteiger charge is 2.24. The minimum atomic E-state index is 0.450. The number of piperazine rings is 1. The van der Waals surface area contributed by atoms with E-state index in [9.17, 15) is 0 Å². The fourth-order valence-corrected chi connectivity index (χ4v) is 4.43. The first-order chi connectivity index (χ1) is 9.52. The van der Waals surface area contributed by atoms with Gasteiger partial charge in [-0.15, -0.1) is 16.4 Å². The molecule has 1 saturated heterocycles. The highest BCUT2D eigenvalue weighted by molar-refractivity contribution is 9.13. The summed E-state index contributed by atoms with van der Waals surface area (Å²) in [6, 6.07) is 2.94. The Kier molecular flexibility index (Phi) is 4.16. The predicted molar refractivity (Wildman–Crippen MR) is 89.4 cm³/mol. The van der Waals surface area contributed by atoms with E-state index in [0.717, 1.165) is 38.0 Å². The molecule has 2 atom stereocenters. The maximum absolute atomic E-state index is 4.63. The number of anilines is 1. The van der Waals surface area contributed by atoms with Gasteiger partial charge >= 0.3 is 0 Å². The summed E-state index contributed by atoms with van der Waals surface area (Å²) >= 11 is 8.63. The van der Waals surface area contributed by atoms with Crippen molar-refractivity contribution in [3.63, 3.8) is 0 Å². The van der Waals surface area contributed by atoms with Crippen molar-refractivity contribution in [2.75, 3.05) is 18.0 Å². The van der Waals surface area contributed by atoms with Crippen LogP contribution in [0.3, 0.4) is 0 Å². The molecule has 3 rings (SSSR count). The Labute approximate surface area is 138 Å². The van der Waals surface area contributed by atoms with Crippen LogP contribution >= 0.6 is 43.2 Å². The Balaban J connectivity index is 1.83. The monoisotopic (exact) mass is 419 g/mol. The number of nitrogens with one attached hydrogen (secondary N) is 2. The Morgan fingerprint density at radius 1 is 1.30 bits per heavy atom. The van der Waals surface area contributed by atoms with Crippen molar-refractivity contribution in [1.29, 1.82) is 0 Å². The maximum Gasteiger partial charge on any atom is 0.245 e. The topological polar surface area (TPSA) is 56.8 Å². The van der Waals surface area contributed by atoms with Gasteiger partial charge in [0.15, 0.2) is 5.82 Å². The average molecular weight is 421 g/mol. The van der Waals surface area contributed by atoms with Gasteiger partial charge < -0.3 is 10.2 Å². The number of thiophene rings is 1. The molecule has 0 aliphatic carbocycles. The fourth-order valence-electron chi connectivity index (χ4n) is 2.46. The van der Waals surface area contributed by atoms with Crippen LogP contribution in [0.5, 0.6) is 0 Å². The van der Waals surface area contributed by atoms with Gasteiger partial charge in [0.2, 0.25) is 5.95 Å². The molecule has 1 aliphatic rings. The molecule has 1 fully saturated rings. The Morgan fingerprint density at radius 3 is 2.60 bits per heavy atom. The summed E-state index contributed by atoms with van der Waals surface area (Å²) in [4.78, 5) is 7.92. The van der Waals surface area contributed by atoms with E-state index >= 15 is 0 Å². The predicted octanol–water partition coefficient (Wildman–Crippen LogP) is 3.24. The van der Waals surface area contributed by atoms with Crippen LogP contribution < -0.4 is 10.2 Å². The zero-order valence-corrected chi connectivity index (χ0v) is 15.1. The number of aromatic amines is 1. The van der Waals surface area contributed by atoms with E-state index in [4.69, 9.17) is 0 Å². The van der Waals surface area contributed by atoms with Crippen molar-refractivity contribution in [2.24, 2.45) is 0 Å². The second-order valence-corrected chi connectivity index (χ2v) is 8.31. The van der Waals surface area contributed by atoms with Crippen LogP contribution in [0.4, 0.5) is 5.95 Å². The number of hydrogen-bond donors (Lipinski definition) is 2. The number of halogens is 2. The molecule has 1 aliphatic heterocycles. The van der Waals surface area contributed by atoms with Crippen molar-refractivity contribution >= 4 is 49.1 Å². The van der Waals surface area contributed by atoms with E-state index in [1.165, 1.54) is 0 Å². The van der Waals surface area contributed by atoms with Gasteiger partial charge in [0.05, 0.1) is 8.66 Å². The number of hydrogen-bond acceptors (Lipinski definition) is 5. The molecule has 2 aromatic heterocycles. The van der Waals surface area contributed by atoms with E-state index in [1.54, 1.807) is 11.3 Å². The largest absolute Gasteiger partial charge is 0.336 e. The van der Waals surface area contributed by atoms with Gasteiger partial charge in [0.1, 0.15) is 0 Å². The zero-order chi connectivity index (χ0) is 14.3. The molecule has 5 nitrogen and oxygen atoms in total. The standard InChI is InChI=1S/C12H15Br2N5S/c1-6-4-19(5-7(2)15-6)12-16-11(17-18-12)9-3-8(13)10(14)20-9/h3,6-7,15H,4-5H2,1-2H3,(H,16,17,18). The molecular weight excluding hydrogens is 406 g/mol. The van der Waals surface area contributed by atoms with Crippen LogP contribution in [0.25, 0.3) is 10.7 Å². The number of aromatic nitrogens is 3. The van der Waals surface area contributed by atoms with Gasteiger partial charge in [-0.3, -0.25) is 5.10 Å². The quantitative estimate of drug-likeness (QED) is 0.782. The first-order valence-electron chi connectivity index (χ1n) is 6.41. The van der Waals surface area contributed by atoms with Gasteiger partial charge in [-0.25, -0.2) is 0 Å². The Hall–Kier alpha value is -0.440. The minimum Gasteiger partial charge on any atom is -0.336 e. The lowest BCUT2D eigenvalue weighted by Crippen LogP contribution is -2.54. The number of rotatable bonds is 2. The third kappa shape index (κ3) is 2.93. The summed E-state index contributed by atoms with van der Waals surface area (Å²) in [5.74, 6) is 1.59. The van der Waals surface area contributed by atoms with Gasteiger partial charge in [0, 0.05) is 29.6 Å². The van der Waals surface area contributed by atoms with Gasteiger partial charge in [-0.2, -0.15) is 4.98 Å². The van der Waals surface area contributed by atoms with Gasteiger partial charge in [-0.05, 0) is 51.8 Å². The molecule has 0 aromatic carbocycles. The average Bonchev–Trinajstić information content (AvgIpc) is 2.96. The molecule has 2 aromatic rings. The summed E-state index contributed by atoms with van der Waals surface area (Å²) < 4.78 is 2.11. The van der Waals surface area contributed by atoms with Gasteiger partial charge in [-0.1, -0.05) is 0 Å². The molecule has 0 radical (unpaired) electrons. The molecule has 108 valence electrons. The first kappa shape index (κ1) is 14.5. The molecule has 0 bridgehead atoms. The van der Waals surface area contributed by atoms with Gasteiger partial charge in [0.25, 0.3) is 0 Å². The van der Waals surface area contributed by atoms with Crippen LogP contribution in [-0.2, 0) is 0 Å². The van der Waals surface area contributed by atoms with Crippen LogP contribution in [0.15, 0.2) is 14.3 Å². The van der Waals surface area contributed by atoms with Crippen LogP contribution in [0.2, 0.25) is 0 Å². The normalized spacial score (nSPS) is 23.3. The summed E-state index contributed by atoms with van der Waals surface area (Å²) in [5.41, 5.74) is 0. The molecule has 8 heteroatoms. The van der Waals surface area contributed by atoms with E-state index in [1.807, 2.05) is 6.07 Å². The lowest BCUT2D eigenvalue weighted by atomic mass is 10.1. The van der Waals surface area contributed by atoms with Crippen molar-refractivity contribution in [2.45, 2.75) is 25.9 Å². The molecule has 0 saturated carbocycles. The minimum absolute atomic E-state index is 0.450. The first-order valence-corrected chi connectivity index (χ1v) is 8.82. The second-order valence-electron chi connectivity index (χ2n) is 5.09. The van der Waals surface area contributed by atoms with Crippen molar-refractivity contribution < 1.29 is 0 Å². The summed E-state index contributed by atoms with van der Waals surface area (Å²) in [7, 11) is 0. The lowest BCUT2D eigenvalue weighted by Gasteiger charge is -2.35. The molecule has 2 N–H and O–H groups in total. The molecule has 3 heterocycles. The molecule has 0 amide bonds. The third-order valence-corrected chi connectivity index (χ3v) is 6.46. The van der Waals surface area contributed by atoms with E-state index in [2.05, 4.69) is 71.1 Å². The Bertz CT molecular complexity index is 581. The molecule has 0 spiro atoms. The fraction of sp³-hybridized carbons (Fsp3) is 0.500. The van der Waals surface area contributed by atoms with Crippen molar-refractivity contribution in [3.05, 3.63) is 14.3 Å². The van der Waals surface area contributed by atoms with Crippen molar-refractivity contribution in [3.8, 4) is 10.7 Å². The smallest absolute Gasteiger partial charge is 0.245 e. The third-order valence-electron chi connectivity index (χ3n) is 3.19. The van der Waals surface area contributed by atoms with Crippen molar-refractivity contribution in [1.82, 2.24) is 20.5 Å². The zero-order valence-electron chi connectivity index (χ0n) is 11.2. The van der Waals surface area contributed by atoms with E-state index < -0.39 is 0 Å². The highest BCUT2D eigenvalue weighted by Crippen LogP contribution is 2.37. The maximum atomic E-state index is 4.63. The van der Waals surface area contributed by atoms with E-state index in [-0.39, 0.29) is 0 Å². The SMILES string of the molecule is CC1CN(c2n[nH]c(-c3cc(Br)c(Br)s3)n2)CC(C)N1. The number of nitrogens with zero attached hydrogens (tertiary/aromatic N) is 3.